The van der Waals surface area contributed by atoms with Crippen LogP contribution >= 0.6 is 11.8 Å². The van der Waals surface area contributed by atoms with E-state index in [-0.39, 0.29) is 11.6 Å². The molecule has 0 aliphatic carbocycles. The van der Waals surface area contributed by atoms with Crippen LogP contribution in [0, 0.1) is 0 Å². The Morgan fingerprint density at radius 1 is 1.09 bits per heavy atom. The van der Waals surface area contributed by atoms with Crippen LogP contribution in [0.5, 0.6) is 0 Å². The molecule has 5 nitrogen and oxygen atoms in total. The first kappa shape index (κ1) is 14.5. The molecule has 0 unspecified atom stereocenters. The third-order valence-electron chi connectivity index (χ3n) is 3.30. The summed E-state index contributed by atoms with van der Waals surface area (Å²) in [6.45, 7) is 0. The van der Waals surface area contributed by atoms with E-state index in [0.717, 1.165) is 5.75 Å². The quantitative estimate of drug-likeness (QED) is 0.693. The van der Waals surface area contributed by atoms with Crippen molar-refractivity contribution in [3.8, 4) is 0 Å². The first-order chi connectivity index (χ1) is 10.7. The van der Waals surface area contributed by atoms with Crippen molar-refractivity contribution >= 4 is 34.4 Å². The number of aromatic amines is 2. The van der Waals surface area contributed by atoms with Crippen LogP contribution in [0.2, 0.25) is 0 Å². The lowest BCUT2D eigenvalue weighted by atomic mass is 10.1. The molecule has 0 saturated heterocycles. The van der Waals surface area contributed by atoms with Gasteiger partial charge in [0.15, 0.2) is 0 Å². The van der Waals surface area contributed by atoms with E-state index in [2.05, 4.69) is 15.3 Å². The molecule has 0 radical (unpaired) electrons. The Hall–Kier alpha value is -2.47. The van der Waals surface area contributed by atoms with Crippen molar-refractivity contribution < 1.29 is 4.79 Å². The van der Waals surface area contributed by atoms with E-state index in [4.69, 9.17) is 0 Å². The molecule has 6 heteroatoms. The van der Waals surface area contributed by atoms with Crippen LogP contribution in [0.3, 0.4) is 0 Å². The minimum atomic E-state index is -0.261. The monoisotopic (exact) mass is 313 g/mol. The average Bonchev–Trinajstić information content (AvgIpc) is 2.87. The highest BCUT2D eigenvalue weighted by molar-refractivity contribution is 7.97. The third-order valence-corrected chi connectivity index (χ3v) is 3.92. The van der Waals surface area contributed by atoms with Crippen LogP contribution in [-0.2, 0) is 5.75 Å². The van der Waals surface area contributed by atoms with Crippen LogP contribution in [0.4, 0.5) is 5.69 Å². The number of hydrogen-bond donors (Lipinski definition) is 3. The summed E-state index contributed by atoms with van der Waals surface area (Å²) in [5.74, 6) is 0.757. The molecule has 0 aliphatic rings. The van der Waals surface area contributed by atoms with Crippen LogP contribution < -0.4 is 11.0 Å². The first-order valence-electron chi connectivity index (χ1n) is 6.77. The molecule has 0 atom stereocenters. The van der Waals surface area contributed by atoms with Gasteiger partial charge in [0.1, 0.15) is 0 Å². The number of benzene rings is 2. The highest BCUT2D eigenvalue weighted by Crippen LogP contribution is 2.16. The number of thioether (sulfide) groups is 1. The summed E-state index contributed by atoms with van der Waals surface area (Å²) in [7, 11) is 0. The Kier molecular flexibility index (Phi) is 4.02. The lowest BCUT2D eigenvalue weighted by Crippen LogP contribution is -2.11. The van der Waals surface area contributed by atoms with Gasteiger partial charge in [-0.15, -0.1) is 0 Å². The van der Waals surface area contributed by atoms with Crippen molar-refractivity contribution in [2.24, 2.45) is 0 Å². The standard InChI is InChI=1S/C16H15N3O2S/c1-22-9-10-2-4-11(5-3-10)15(20)17-12-6-7-13-14(8-12)19-16(21)18-13/h2-8H,9H2,1H3,(H,17,20)(H2,18,19,21). The zero-order valence-corrected chi connectivity index (χ0v) is 12.8. The summed E-state index contributed by atoms with van der Waals surface area (Å²) >= 11 is 1.74. The second-order valence-corrected chi connectivity index (χ2v) is 5.79. The zero-order chi connectivity index (χ0) is 15.5. The normalized spacial score (nSPS) is 10.8. The highest BCUT2D eigenvalue weighted by Gasteiger charge is 2.07. The summed E-state index contributed by atoms with van der Waals surface area (Å²) in [5, 5.41) is 2.83. The topological polar surface area (TPSA) is 77.8 Å². The van der Waals surface area contributed by atoms with Gasteiger partial charge in [-0.05, 0) is 42.2 Å². The maximum absolute atomic E-state index is 12.2. The number of nitrogens with one attached hydrogen (secondary N) is 3. The molecule has 3 N–H and O–H groups in total. The van der Waals surface area contributed by atoms with E-state index in [9.17, 15) is 9.59 Å². The van der Waals surface area contributed by atoms with Crippen LogP contribution in [-0.4, -0.2) is 22.1 Å². The number of rotatable bonds is 4. The predicted molar refractivity (Wildman–Crippen MR) is 90.5 cm³/mol. The van der Waals surface area contributed by atoms with Crippen LogP contribution in [0.25, 0.3) is 11.0 Å². The lowest BCUT2D eigenvalue weighted by Gasteiger charge is -2.06. The number of imidazole rings is 1. The summed E-state index contributed by atoms with van der Waals surface area (Å²) in [4.78, 5) is 28.8. The third kappa shape index (κ3) is 3.07. The summed E-state index contributed by atoms with van der Waals surface area (Å²) in [6.07, 6.45) is 2.04. The van der Waals surface area contributed by atoms with E-state index in [1.54, 1.807) is 30.0 Å². The molecule has 22 heavy (non-hydrogen) atoms. The molecule has 3 aromatic rings. The van der Waals surface area contributed by atoms with Gasteiger partial charge < -0.3 is 15.3 Å². The van der Waals surface area contributed by atoms with Crippen LogP contribution in [0.15, 0.2) is 47.3 Å². The molecule has 0 spiro atoms. The predicted octanol–water partition coefficient (Wildman–Crippen LogP) is 2.97. The summed E-state index contributed by atoms with van der Waals surface area (Å²) < 4.78 is 0. The molecule has 0 bridgehead atoms. The van der Waals surface area contributed by atoms with E-state index in [1.165, 1.54) is 5.56 Å². The van der Waals surface area contributed by atoms with Crippen molar-refractivity contribution in [2.75, 3.05) is 11.6 Å². The number of carbonyl (C=O) groups is 1. The fourth-order valence-electron chi connectivity index (χ4n) is 2.23. The van der Waals surface area contributed by atoms with Gasteiger partial charge in [-0.1, -0.05) is 12.1 Å². The molecule has 2 aromatic carbocycles. The van der Waals surface area contributed by atoms with Gasteiger partial charge >= 0.3 is 5.69 Å². The number of anilines is 1. The number of amides is 1. The molecular weight excluding hydrogens is 298 g/mol. The number of aromatic nitrogens is 2. The van der Waals surface area contributed by atoms with Gasteiger partial charge in [-0.2, -0.15) is 11.8 Å². The summed E-state index contributed by atoms with van der Waals surface area (Å²) in [5.41, 5.74) is 3.55. The van der Waals surface area contributed by atoms with E-state index in [0.29, 0.717) is 22.3 Å². The van der Waals surface area contributed by atoms with Gasteiger partial charge in [0.05, 0.1) is 11.0 Å². The Bertz CT molecular complexity index is 865. The molecule has 0 saturated carbocycles. The number of carbonyl (C=O) groups excluding carboxylic acids is 1. The van der Waals surface area contributed by atoms with Crippen molar-refractivity contribution in [1.82, 2.24) is 9.97 Å². The van der Waals surface area contributed by atoms with Gasteiger partial charge in [0.25, 0.3) is 5.91 Å². The van der Waals surface area contributed by atoms with E-state index in [1.807, 2.05) is 30.5 Å². The van der Waals surface area contributed by atoms with Crippen molar-refractivity contribution in [3.05, 3.63) is 64.1 Å². The second-order valence-electron chi connectivity index (χ2n) is 4.92. The molecule has 1 heterocycles. The minimum absolute atomic E-state index is 0.173. The number of hydrogen-bond acceptors (Lipinski definition) is 3. The highest BCUT2D eigenvalue weighted by atomic mass is 32.2. The average molecular weight is 313 g/mol. The van der Waals surface area contributed by atoms with Crippen LogP contribution in [0.1, 0.15) is 15.9 Å². The summed E-state index contributed by atoms with van der Waals surface area (Å²) in [6, 6.07) is 12.8. The Morgan fingerprint density at radius 3 is 2.55 bits per heavy atom. The molecule has 112 valence electrons. The fourth-order valence-corrected chi connectivity index (χ4v) is 2.76. The smallest absolute Gasteiger partial charge is 0.322 e. The van der Waals surface area contributed by atoms with Gasteiger partial charge in [-0.25, -0.2) is 4.79 Å². The fraction of sp³-hybridized carbons (Fsp3) is 0.125. The zero-order valence-electron chi connectivity index (χ0n) is 12.0. The van der Waals surface area contributed by atoms with Crippen molar-refractivity contribution in [3.63, 3.8) is 0 Å². The van der Waals surface area contributed by atoms with E-state index < -0.39 is 0 Å². The molecule has 3 rings (SSSR count). The Labute approximate surface area is 131 Å². The SMILES string of the molecule is CSCc1ccc(C(=O)Nc2ccc3[nH]c(=O)[nH]c3c2)cc1. The molecule has 1 amide bonds. The minimum Gasteiger partial charge on any atom is -0.322 e. The molecule has 0 aliphatic heterocycles. The Morgan fingerprint density at radius 2 is 1.82 bits per heavy atom. The Balaban J connectivity index is 1.78. The molecule has 1 aromatic heterocycles. The maximum atomic E-state index is 12.2. The molecular formula is C16H15N3O2S. The van der Waals surface area contributed by atoms with Gasteiger partial charge in [0.2, 0.25) is 0 Å². The van der Waals surface area contributed by atoms with Gasteiger partial charge in [-0.3, -0.25) is 4.79 Å². The largest absolute Gasteiger partial charge is 0.323 e. The first-order valence-corrected chi connectivity index (χ1v) is 8.16. The number of fused-ring (bicyclic) bond motifs is 1. The lowest BCUT2D eigenvalue weighted by molar-refractivity contribution is 0.102. The van der Waals surface area contributed by atoms with Crippen molar-refractivity contribution in [1.29, 1.82) is 0 Å². The van der Waals surface area contributed by atoms with Gasteiger partial charge in [0, 0.05) is 17.0 Å². The molecule has 0 fully saturated rings. The maximum Gasteiger partial charge on any atom is 0.323 e. The second kappa shape index (κ2) is 6.11. The number of H-pyrrole nitrogens is 2. The van der Waals surface area contributed by atoms with Crippen molar-refractivity contribution in [2.45, 2.75) is 5.75 Å². The van der Waals surface area contributed by atoms with E-state index >= 15 is 0 Å².